The van der Waals surface area contributed by atoms with Crippen LogP contribution in [0, 0.1) is 11.6 Å². The lowest BCUT2D eigenvalue weighted by atomic mass is 9.99. The molecule has 1 unspecified atom stereocenters. The van der Waals surface area contributed by atoms with E-state index in [-0.39, 0.29) is 18.4 Å². The van der Waals surface area contributed by atoms with Crippen LogP contribution in [0.4, 0.5) is 8.78 Å². The molecule has 5 aromatic carbocycles. The van der Waals surface area contributed by atoms with E-state index in [9.17, 15) is 23.6 Å². The average molecular weight is 662 g/mol. The first kappa shape index (κ1) is 33.0. The zero-order valence-corrected chi connectivity index (χ0v) is 26.3. The Bertz CT molecular complexity index is 2050. The summed E-state index contributed by atoms with van der Waals surface area (Å²) in [6.45, 7) is 0.408. The molecular formula is C38H33F2N5O4. The van der Waals surface area contributed by atoms with Crippen molar-refractivity contribution in [2.45, 2.75) is 38.0 Å². The molecule has 11 heteroatoms. The fraction of sp³-hybridized carbons (Fsp3) is 0.158. The van der Waals surface area contributed by atoms with E-state index >= 15 is 0 Å². The van der Waals surface area contributed by atoms with Gasteiger partial charge in [0.25, 0.3) is 5.91 Å². The predicted octanol–water partition coefficient (Wildman–Crippen LogP) is 6.68. The zero-order chi connectivity index (χ0) is 34.2. The van der Waals surface area contributed by atoms with Crippen LogP contribution in [0.15, 0.2) is 121 Å². The van der Waals surface area contributed by atoms with Gasteiger partial charge in [0.1, 0.15) is 18.1 Å². The molecule has 0 aliphatic rings. The molecule has 3 N–H and O–H groups in total. The number of carbonyl (C=O) groups excluding carboxylic acids is 2. The molecule has 1 aromatic heterocycles. The number of aromatic nitrogens is 3. The van der Waals surface area contributed by atoms with Crippen LogP contribution in [0.25, 0.3) is 10.8 Å². The Morgan fingerprint density at radius 1 is 0.776 bits per heavy atom. The molecule has 0 bridgehead atoms. The fourth-order valence-corrected chi connectivity index (χ4v) is 5.59. The summed E-state index contributed by atoms with van der Waals surface area (Å²) < 4.78 is 35.1. The third-order valence-corrected chi connectivity index (χ3v) is 8.19. The molecule has 0 aliphatic heterocycles. The van der Waals surface area contributed by atoms with Gasteiger partial charge in [-0.2, -0.15) is 0 Å². The van der Waals surface area contributed by atoms with Gasteiger partial charge >= 0.3 is 0 Å². The van der Waals surface area contributed by atoms with Gasteiger partial charge in [-0.1, -0.05) is 90.1 Å². The van der Waals surface area contributed by atoms with Gasteiger partial charge in [0, 0.05) is 5.56 Å². The summed E-state index contributed by atoms with van der Waals surface area (Å²) in [5.41, 5.74) is 4.83. The maximum atomic E-state index is 14.0. The summed E-state index contributed by atoms with van der Waals surface area (Å²) in [4.78, 5) is 25.6. The van der Waals surface area contributed by atoms with Crippen molar-refractivity contribution in [1.82, 2.24) is 25.8 Å². The van der Waals surface area contributed by atoms with Crippen molar-refractivity contribution >= 4 is 22.6 Å². The maximum Gasteiger partial charge on any atom is 0.251 e. The second kappa shape index (κ2) is 15.3. The lowest BCUT2D eigenvalue weighted by molar-refractivity contribution is -0.130. The van der Waals surface area contributed by atoms with Crippen molar-refractivity contribution in [3.05, 3.63) is 161 Å². The van der Waals surface area contributed by atoms with E-state index in [1.807, 2.05) is 97.1 Å². The third-order valence-electron chi connectivity index (χ3n) is 8.19. The van der Waals surface area contributed by atoms with E-state index in [2.05, 4.69) is 15.6 Å². The number of hydroxylamine groups is 1. The first-order chi connectivity index (χ1) is 23.8. The molecule has 0 spiro atoms. The smallest absolute Gasteiger partial charge is 0.251 e. The monoisotopic (exact) mass is 661 g/mol. The van der Waals surface area contributed by atoms with Crippen molar-refractivity contribution in [3.8, 4) is 5.75 Å². The highest BCUT2D eigenvalue weighted by Gasteiger charge is 2.24. The van der Waals surface area contributed by atoms with E-state index in [4.69, 9.17) is 4.74 Å². The summed E-state index contributed by atoms with van der Waals surface area (Å²) in [5, 5.41) is 23.0. The SMILES string of the molecule is O=C(C[C@@H](Cc1ccc2ccccc2c1)n1cc(C(Cc2ccc(OCc3ccccc3)cc2)NC(=O)c2ccc(F)c(F)c2)nn1)NO. The lowest BCUT2D eigenvalue weighted by Gasteiger charge is -2.18. The van der Waals surface area contributed by atoms with E-state index < -0.39 is 35.5 Å². The molecule has 0 saturated carbocycles. The Morgan fingerprint density at radius 2 is 1.51 bits per heavy atom. The van der Waals surface area contributed by atoms with Crippen molar-refractivity contribution in [2.24, 2.45) is 0 Å². The van der Waals surface area contributed by atoms with E-state index in [1.54, 1.807) is 11.7 Å². The van der Waals surface area contributed by atoms with E-state index in [0.717, 1.165) is 39.6 Å². The number of nitrogens with one attached hydrogen (secondary N) is 2. The molecule has 248 valence electrons. The summed E-state index contributed by atoms with van der Waals surface area (Å²) in [5.74, 6) is -2.76. The minimum atomic E-state index is -1.14. The van der Waals surface area contributed by atoms with Crippen LogP contribution in [-0.2, 0) is 24.2 Å². The molecular weight excluding hydrogens is 628 g/mol. The van der Waals surface area contributed by atoms with Crippen LogP contribution < -0.4 is 15.5 Å². The highest BCUT2D eigenvalue weighted by molar-refractivity contribution is 5.94. The fourth-order valence-electron chi connectivity index (χ4n) is 5.59. The molecule has 6 aromatic rings. The van der Waals surface area contributed by atoms with E-state index in [1.165, 1.54) is 10.7 Å². The molecule has 9 nitrogen and oxygen atoms in total. The Hall–Kier alpha value is -5.94. The Kier molecular flexibility index (Phi) is 10.3. The maximum absolute atomic E-state index is 14.0. The number of fused-ring (bicyclic) bond motifs is 1. The van der Waals surface area contributed by atoms with Crippen molar-refractivity contribution < 1.29 is 28.3 Å². The van der Waals surface area contributed by atoms with Crippen molar-refractivity contribution in [3.63, 3.8) is 0 Å². The average Bonchev–Trinajstić information content (AvgIpc) is 3.63. The number of hydrogen-bond acceptors (Lipinski definition) is 6. The van der Waals surface area contributed by atoms with Gasteiger partial charge in [0.2, 0.25) is 5.91 Å². The minimum absolute atomic E-state index is 0.0604. The van der Waals surface area contributed by atoms with Gasteiger partial charge in [0.15, 0.2) is 11.6 Å². The first-order valence-electron chi connectivity index (χ1n) is 15.7. The molecule has 0 radical (unpaired) electrons. The topological polar surface area (TPSA) is 118 Å². The van der Waals surface area contributed by atoms with Crippen LogP contribution in [0.2, 0.25) is 0 Å². The Balaban J connectivity index is 1.25. The number of halogens is 2. The van der Waals surface area contributed by atoms with Gasteiger partial charge < -0.3 is 10.1 Å². The van der Waals surface area contributed by atoms with Crippen LogP contribution in [-0.4, -0.2) is 32.0 Å². The molecule has 0 fully saturated rings. The van der Waals surface area contributed by atoms with Gasteiger partial charge in [0.05, 0.1) is 24.7 Å². The number of amides is 2. The van der Waals surface area contributed by atoms with Gasteiger partial charge in [-0.25, -0.2) is 18.9 Å². The van der Waals surface area contributed by atoms with Crippen LogP contribution in [0.5, 0.6) is 5.75 Å². The van der Waals surface area contributed by atoms with E-state index in [0.29, 0.717) is 24.5 Å². The largest absolute Gasteiger partial charge is 0.489 e. The van der Waals surface area contributed by atoms with Crippen LogP contribution in [0.1, 0.15) is 51.2 Å². The van der Waals surface area contributed by atoms with Gasteiger partial charge in [-0.05, 0) is 70.6 Å². The quantitative estimate of drug-likeness (QED) is 0.0939. The predicted molar refractivity (Wildman–Crippen MR) is 179 cm³/mol. The number of rotatable bonds is 13. The molecule has 2 atom stereocenters. The molecule has 0 saturated heterocycles. The number of hydrogen-bond donors (Lipinski definition) is 3. The minimum Gasteiger partial charge on any atom is -0.489 e. The molecule has 49 heavy (non-hydrogen) atoms. The van der Waals surface area contributed by atoms with Crippen molar-refractivity contribution in [2.75, 3.05) is 0 Å². The molecule has 6 rings (SSSR count). The van der Waals surface area contributed by atoms with Crippen LogP contribution in [0.3, 0.4) is 0 Å². The highest BCUT2D eigenvalue weighted by Crippen LogP contribution is 2.25. The number of carbonyl (C=O) groups is 2. The summed E-state index contributed by atoms with van der Waals surface area (Å²) in [6.07, 6.45) is 2.23. The van der Waals surface area contributed by atoms with Gasteiger partial charge in [-0.15, -0.1) is 5.10 Å². The molecule has 2 amide bonds. The summed E-state index contributed by atoms with van der Waals surface area (Å²) >= 11 is 0. The molecule has 0 aliphatic carbocycles. The number of ether oxygens (including phenoxy) is 1. The zero-order valence-electron chi connectivity index (χ0n) is 26.3. The Morgan fingerprint density at radius 3 is 2.27 bits per heavy atom. The summed E-state index contributed by atoms with van der Waals surface area (Å²) in [7, 11) is 0. The number of benzene rings is 5. The summed E-state index contributed by atoms with van der Waals surface area (Å²) in [6, 6.07) is 32.8. The van der Waals surface area contributed by atoms with Crippen molar-refractivity contribution in [1.29, 1.82) is 0 Å². The highest BCUT2D eigenvalue weighted by atomic mass is 19.2. The van der Waals surface area contributed by atoms with Crippen LogP contribution >= 0.6 is 0 Å². The normalized spacial score (nSPS) is 12.3. The number of nitrogens with zero attached hydrogens (tertiary/aromatic N) is 3. The second-order valence-electron chi connectivity index (χ2n) is 11.7. The third kappa shape index (κ3) is 8.51. The lowest BCUT2D eigenvalue weighted by Crippen LogP contribution is -2.30. The Labute approximate surface area is 281 Å². The first-order valence-corrected chi connectivity index (χ1v) is 15.7. The van der Waals surface area contributed by atoms with Gasteiger partial charge in [-0.3, -0.25) is 14.8 Å². The second-order valence-corrected chi connectivity index (χ2v) is 11.7. The standard InChI is InChI=1S/C38H33F2N5O4/c39-33-17-14-30(21-34(33)40)38(47)41-35(20-25-11-15-32(16-12-25)49-24-26-6-2-1-3-7-26)36-23-45(44-42-36)31(22-37(46)43-48)19-27-10-13-28-8-4-5-9-29(28)18-27/h1-18,21,23,31,35,48H,19-20,22,24H2,(H,41,47)(H,43,46)/t31-,35?/m1/s1. The molecule has 1 heterocycles.